The van der Waals surface area contributed by atoms with Gasteiger partial charge in [-0.1, -0.05) is 61.0 Å². The van der Waals surface area contributed by atoms with E-state index in [0.29, 0.717) is 30.0 Å². The van der Waals surface area contributed by atoms with Crippen LogP contribution in [0.5, 0.6) is 11.5 Å². The Bertz CT molecular complexity index is 1750. The lowest BCUT2D eigenvalue weighted by molar-refractivity contribution is -0.131. The van der Waals surface area contributed by atoms with Gasteiger partial charge in [-0.25, -0.2) is 4.90 Å². The smallest absolute Gasteiger partial charge is 0.241 e. The van der Waals surface area contributed by atoms with Gasteiger partial charge in [0, 0.05) is 11.5 Å². The van der Waals surface area contributed by atoms with Gasteiger partial charge in [-0.2, -0.15) is 0 Å². The van der Waals surface area contributed by atoms with Crippen LogP contribution >= 0.6 is 0 Å². The number of hydrogen-bond donors (Lipinski definition) is 1. The normalized spacial score (nSPS) is 29.0. The van der Waals surface area contributed by atoms with Crippen LogP contribution in [0.15, 0.2) is 84.4 Å². The van der Waals surface area contributed by atoms with Crippen LogP contribution < -0.4 is 14.5 Å². The van der Waals surface area contributed by atoms with Gasteiger partial charge in [0.2, 0.25) is 23.6 Å². The van der Waals surface area contributed by atoms with E-state index in [0.717, 1.165) is 17.6 Å². The maximum absolute atomic E-state index is 14.5. The first kappa shape index (κ1) is 29.0. The number of aromatic hydroxyl groups is 1. The van der Waals surface area contributed by atoms with E-state index in [4.69, 9.17) is 4.74 Å². The van der Waals surface area contributed by atoms with Crippen molar-refractivity contribution in [2.75, 3.05) is 16.4 Å². The summed E-state index contributed by atoms with van der Waals surface area (Å²) < 4.78 is 5.73. The highest BCUT2D eigenvalue weighted by Gasteiger charge is 2.68. The van der Waals surface area contributed by atoms with E-state index in [9.17, 15) is 24.3 Å². The van der Waals surface area contributed by atoms with Crippen molar-refractivity contribution in [3.63, 3.8) is 0 Å². The summed E-state index contributed by atoms with van der Waals surface area (Å²) in [5, 5.41) is 11.6. The zero-order valence-corrected chi connectivity index (χ0v) is 25.6. The molecule has 3 aromatic carbocycles. The fraction of sp³-hybridized carbons (Fsp3) is 0.351. The monoisotopic (exact) mass is 604 g/mol. The van der Waals surface area contributed by atoms with Crippen molar-refractivity contribution in [2.24, 2.45) is 29.1 Å². The van der Waals surface area contributed by atoms with Crippen molar-refractivity contribution in [3.8, 4) is 11.5 Å². The number of benzene rings is 3. The highest BCUT2D eigenvalue weighted by molar-refractivity contribution is 6.25. The van der Waals surface area contributed by atoms with Crippen LogP contribution in [0.25, 0.3) is 0 Å². The number of phenolic OH excluding ortho intramolecular Hbond substituents is 1. The van der Waals surface area contributed by atoms with Crippen LogP contribution in [0.2, 0.25) is 0 Å². The number of para-hydroxylation sites is 2. The number of nitrogens with zero attached hydrogens (tertiary/aromatic N) is 2. The lowest BCUT2D eigenvalue weighted by atomic mass is 9.51. The maximum atomic E-state index is 14.5. The Morgan fingerprint density at radius 2 is 1.53 bits per heavy atom. The molecule has 6 atom stereocenters. The number of rotatable bonds is 6. The van der Waals surface area contributed by atoms with Gasteiger partial charge >= 0.3 is 0 Å². The molecule has 2 aliphatic heterocycles. The van der Waals surface area contributed by atoms with Crippen LogP contribution in [0, 0.1) is 29.1 Å². The minimum absolute atomic E-state index is 0.0853. The number of ether oxygens (including phenoxy) is 1. The van der Waals surface area contributed by atoms with E-state index >= 15 is 0 Å². The van der Waals surface area contributed by atoms with Gasteiger partial charge in [-0.3, -0.25) is 24.1 Å². The molecule has 2 saturated heterocycles. The van der Waals surface area contributed by atoms with Gasteiger partial charge in [-0.15, -0.1) is 0 Å². The Hall–Kier alpha value is -4.72. The Kier molecular flexibility index (Phi) is 6.91. The fourth-order valence-corrected chi connectivity index (χ4v) is 8.36. The highest BCUT2D eigenvalue weighted by atomic mass is 16.5. The summed E-state index contributed by atoms with van der Waals surface area (Å²) in [6.07, 6.45) is 3.41. The Morgan fingerprint density at radius 1 is 0.822 bits per heavy atom. The van der Waals surface area contributed by atoms with Crippen LogP contribution in [0.3, 0.4) is 0 Å². The van der Waals surface area contributed by atoms with Crippen LogP contribution in [-0.4, -0.2) is 35.3 Å². The number of aryl methyl sites for hydroxylation is 1. The second kappa shape index (κ2) is 10.7. The molecule has 2 aliphatic carbocycles. The molecule has 3 fully saturated rings. The van der Waals surface area contributed by atoms with Crippen molar-refractivity contribution in [1.82, 2.24) is 0 Å². The molecule has 4 amide bonds. The summed E-state index contributed by atoms with van der Waals surface area (Å²) in [6.45, 7) is 6.02. The second-order valence-corrected chi connectivity index (χ2v) is 12.7. The Labute approximate surface area is 262 Å². The highest BCUT2D eigenvalue weighted by Crippen LogP contribution is 2.64. The predicted octanol–water partition coefficient (Wildman–Crippen LogP) is 5.79. The van der Waals surface area contributed by atoms with Gasteiger partial charge < -0.3 is 9.84 Å². The Balaban J connectivity index is 1.37. The molecule has 8 heteroatoms. The van der Waals surface area contributed by atoms with E-state index in [1.165, 1.54) is 9.80 Å². The first-order chi connectivity index (χ1) is 21.7. The van der Waals surface area contributed by atoms with Crippen LogP contribution in [0.4, 0.5) is 11.4 Å². The van der Waals surface area contributed by atoms with E-state index < -0.39 is 35.0 Å². The summed E-state index contributed by atoms with van der Waals surface area (Å²) >= 11 is 0. The quantitative estimate of drug-likeness (QED) is 0.282. The standard InChI is InChI=1S/C37H36N2O6/c1-4-21-14-16-23(17-15-21)38-33(41)25-19-18-24-27(30(25)35(38)43)20-28-34(42)39(22-10-7-6-8-11-22)36(44)37(28,3)31(24)26-12-9-13-29(32(26)40)45-5-2/h6-18,25,27-28,30-31,40H,4-5,19-20H2,1-3H3/t25-,27+,28-,30-,31+,37+/m0/s1. The van der Waals surface area contributed by atoms with E-state index in [-0.39, 0.29) is 41.5 Å². The average Bonchev–Trinajstić information content (AvgIpc) is 3.42. The first-order valence-corrected chi connectivity index (χ1v) is 15.8. The third-order valence-corrected chi connectivity index (χ3v) is 10.5. The predicted molar refractivity (Wildman–Crippen MR) is 169 cm³/mol. The van der Waals surface area contributed by atoms with Crippen molar-refractivity contribution >= 4 is 35.0 Å². The molecule has 45 heavy (non-hydrogen) atoms. The van der Waals surface area contributed by atoms with Crippen LogP contribution in [-0.2, 0) is 25.6 Å². The maximum Gasteiger partial charge on any atom is 0.241 e. The van der Waals surface area contributed by atoms with Gasteiger partial charge in [0.25, 0.3) is 0 Å². The molecule has 0 aromatic heterocycles. The molecule has 2 heterocycles. The number of allylic oxidation sites excluding steroid dienone is 2. The number of amides is 4. The number of phenols is 1. The van der Waals surface area contributed by atoms with Crippen LogP contribution in [0.1, 0.15) is 50.7 Å². The SMILES string of the molecule is CCOc1cccc([C@H]2C3=CC[C@@H]4C(=O)N(c5ccc(CC)cc5)C(=O)[C@@H]4[C@@H]3C[C@H]3C(=O)N(c4ccccc4)C(=O)[C@@]23C)c1O. The summed E-state index contributed by atoms with van der Waals surface area (Å²) in [5.74, 6) is -4.19. The molecule has 230 valence electrons. The molecule has 0 unspecified atom stereocenters. The molecule has 0 radical (unpaired) electrons. The van der Waals surface area contributed by atoms with Crippen molar-refractivity contribution in [2.45, 2.75) is 46.0 Å². The van der Waals surface area contributed by atoms with E-state index in [1.807, 2.05) is 57.2 Å². The molecule has 0 spiro atoms. The van der Waals surface area contributed by atoms with Gasteiger partial charge in [0.1, 0.15) is 0 Å². The molecule has 3 aromatic rings. The first-order valence-electron chi connectivity index (χ1n) is 15.8. The van der Waals surface area contributed by atoms with Gasteiger partial charge in [0.15, 0.2) is 11.5 Å². The number of fused-ring (bicyclic) bond motifs is 4. The lowest BCUT2D eigenvalue weighted by Gasteiger charge is -2.49. The van der Waals surface area contributed by atoms with Gasteiger partial charge in [-0.05, 0) is 74.9 Å². The summed E-state index contributed by atoms with van der Waals surface area (Å²) in [5.41, 5.74) is 2.18. The number of imide groups is 2. The summed E-state index contributed by atoms with van der Waals surface area (Å²) in [4.78, 5) is 59.5. The zero-order chi connectivity index (χ0) is 31.6. The molecule has 8 nitrogen and oxygen atoms in total. The summed E-state index contributed by atoms with van der Waals surface area (Å²) in [7, 11) is 0. The van der Waals surface area contributed by atoms with Gasteiger partial charge in [0.05, 0.1) is 41.2 Å². The third-order valence-electron chi connectivity index (χ3n) is 10.5. The molecular weight excluding hydrogens is 568 g/mol. The molecule has 0 bridgehead atoms. The lowest BCUT2D eigenvalue weighted by Crippen LogP contribution is -2.48. The average molecular weight is 605 g/mol. The Morgan fingerprint density at radius 3 is 2.22 bits per heavy atom. The topological polar surface area (TPSA) is 104 Å². The second-order valence-electron chi connectivity index (χ2n) is 12.7. The largest absolute Gasteiger partial charge is 0.504 e. The number of anilines is 2. The third kappa shape index (κ3) is 4.11. The molecule has 1 N–H and O–H groups in total. The number of carbonyl (C=O) groups is 4. The molecule has 7 rings (SSSR count). The summed E-state index contributed by atoms with van der Waals surface area (Å²) in [6, 6.07) is 21.6. The van der Waals surface area contributed by atoms with Crippen molar-refractivity contribution in [3.05, 3.63) is 95.6 Å². The zero-order valence-electron chi connectivity index (χ0n) is 25.6. The van der Waals surface area contributed by atoms with E-state index in [1.54, 1.807) is 42.5 Å². The molecule has 1 saturated carbocycles. The van der Waals surface area contributed by atoms with Crippen molar-refractivity contribution in [1.29, 1.82) is 0 Å². The number of carbonyl (C=O) groups excluding carboxylic acids is 4. The fourth-order valence-electron chi connectivity index (χ4n) is 8.36. The number of hydrogen-bond acceptors (Lipinski definition) is 6. The molecule has 4 aliphatic rings. The minimum atomic E-state index is -1.24. The van der Waals surface area contributed by atoms with E-state index in [2.05, 4.69) is 0 Å². The minimum Gasteiger partial charge on any atom is -0.504 e. The van der Waals surface area contributed by atoms with Crippen molar-refractivity contribution < 1.29 is 29.0 Å². The molecular formula is C37H36N2O6.